The number of nitriles is 2. The fourth-order valence-corrected chi connectivity index (χ4v) is 14.9. The van der Waals surface area contributed by atoms with Crippen molar-refractivity contribution in [3.8, 4) is 12.1 Å². The van der Waals surface area contributed by atoms with E-state index in [0.29, 0.717) is 108 Å². The predicted octanol–water partition coefficient (Wildman–Crippen LogP) is 18.4. The van der Waals surface area contributed by atoms with Gasteiger partial charge in [-0.2, -0.15) is 10.5 Å². The molecule has 11 heteroatoms. The molecule has 4 N–H and O–H groups in total. The fourth-order valence-electron chi connectivity index (χ4n) is 13.8. The number of fused-ring (bicyclic) bond motifs is 3. The Balaban J connectivity index is 0.000000220. The number of ketones is 3. The molecule has 9 unspecified atom stereocenters. The quantitative estimate of drug-likeness (QED) is 0.130. The third-order valence-corrected chi connectivity index (χ3v) is 20.2. The van der Waals surface area contributed by atoms with Crippen LogP contribution in [-0.4, -0.2) is 32.4 Å². The van der Waals surface area contributed by atoms with Gasteiger partial charge in [-0.15, -0.1) is 11.3 Å². The van der Waals surface area contributed by atoms with Crippen LogP contribution in [0.2, 0.25) is 0 Å². The van der Waals surface area contributed by atoms with Crippen molar-refractivity contribution < 1.29 is 19.5 Å². The number of carbonyl (C=O) groups is 3. The number of nitrogen functional groups attached to an aromatic ring is 1. The van der Waals surface area contributed by atoms with Gasteiger partial charge >= 0.3 is 0 Å². The van der Waals surface area contributed by atoms with E-state index in [1.54, 1.807) is 6.08 Å². The number of nitrogens with zero attached hydrogens (tertiary/aromatic N) is 3. The lowest BCUT2D eigenvalue weighted by molar-refractivity contribution is -0.124. The number of hydrogen-bond acceptors (Lipinski definition) is 10. The van der Waals surface area contributed by atoms with Gasteiger partial charge in [0.1, 0.15) is 32.3 Å². The molecule has 8 rings (SSSR count). The second-order valence-electron chi connectivity index (χ2n) is 29.5. The van der Waals surface area contributed by atoms with Crippen molar-refractivity contribution in [1.29, 1.82) is 10.5 Å². The van der Waals surface area contributed by atoms with Gasteiger partial charge in [0.15, 0.2) is 11.6 Å². The minimum absolute atomic E-state index is 0.129. The molecular weight excluding hydrogens is 1030 g/mol. The molecule has 5 aliphatic rings. The predicted molar refractivity (Wildman–Crippen MR) is 337 cm³/mol. The van der Waals surface area contributed by atoms with Gasteiger partial charge in [-0.1, -0.05) is 176 Å². The molecular formula is C69H105N5O4S2. The van der Waals surface area contributed by atoms with Crippen molar-refractivity contribution in [3.05, 3.63) is 73.7 Å². The van der Waals surface area contributed by atoms with E-state index in [1.165, 1.54) is 46.7 Å². The van der Waals surface area contributed by atoms with Crippen LogP contribution in [0, 0.1) is 108 Å². The smallest absolute Gasteiger partial charge is 0.162 e. The molecule has 442 valence electrons. The van der Waals surface area contributed by atoms with Gasteiger partial charge in [0.25, 0.3) is 0 Å². The normalized spacial score (nSPS) is 25.6. The van der Waals surface area contributed by atoms with Gasteiger partial charge in [0.05, 0.1) is 17.5 Å². The van der Waals surface area contributed by atoms with Crippen LogP contribution in [0.4, 0.5) is 5.69 Å². The van der Waals surface area contributed by atoms with Crippen LogP contribution >= 0.6 is 23.6 Å². The maximum absolute atomic E-state index is 11.6. The number of pyridine rings is 2. The second-order valence-corrected chi connectivity index (χ2v) is 30.9. The summed E-state index contributed by atoms with van der Waals surface area (Å²) in [5, 5.41) is 28.3. The van der Waals surface area contributed by atoms with Gasteiger partial charge in [-0.3, -0.25) is 14.4 Å². The number of aliphatic hydroxyl groups is 1. The number of H-pyrrole nitrogens is 1. The Hall–Kier alpha value is -4.45. The monoisotopic (exact) mass is 1130 g/mol. The summed E-state index contributed by atoms with van der Waals surface area (Å²) in [6.45, 7) is 43.1. The molecule has 80 heavy (non-hydrogen) atoms. The maximum Gasteiger partial charge on any atom is 0.162 e. The SMILES string of the molecule is CC(C)(C)C1C=CC(=O)CC1.CCC1CC(=O)/C(=C/O)CC1C(C)(C)C.CCC1CC(=O)CCC1C(C)(C)C.CCC1Cc2[nH]c(=S)c(C#N)cc2CC1C(C)(C)C.CCC1Cc2nc3sc(C#N)c(N)c3cc2CC1C(C)(C)C. The third kappa shape index (κ3) is 18.0. The van der Waals surface area contributed by atoms with Gasteiger partial charge in [-0.25, -0.2) is 4.98 Å². The summed E-state index contributed by atoms with van der Waals surface area (Å²) in [4.78, 5) is 43.4. The first-order valence-corrected chi connectivity index (χ1v) is 31.6. The number of nitrogens with one attached hydrogen (secondary N) is 1. The molecule has 0 amide bonds. The van der Waals surface area contributed by atoms with Crippen LogP contribution in [0.1, 0.15) is 235 Å². The summed E-state index contributed by atoms with van der Waals surface area (Å²) in [6.07, 6.45) is 19.5. The number of Topliss-reactive ketones (excluding diaryl/α,β-unsaturated/α-hetero) is 2. The standard InChI is InChI=1S/C18H23N3S.C16H22N2S.C13H22O2.C12H22O.C10H16O/c1-5-10-8-14-11(7-13(10)18(2,3)4)6-12-16(20)15(9-19)22-17(12)21-14;1-5-10-8-14-11(7-13(10)16(2,3)4)6-12(9-17)15(19)18-14;1-5-9-7-12(15)10(8-14)6-11(9)13(2,3)4;1-5-9-8-10(13)6-7-11(9)12(2,3)4;1-10(2,3)8-4-6-9(11)7-5-8/h6,10,13H,5,7-8,20H2,1-4H3;6,10,13H,5,7-8H2,1-4H3,(H,18,19);8-9,11,14H,5-7H2,1-4H3;9,11H,5-8H2,1-4H3;4,6,8H,5,7H2,1-3H3/b;;10-8+;;. The highest BCUT2D eigenvalue weighted by Crippen LogP contribution is 2.47. The average Bonchev–Trinajstić information content (AvgIpc) is 3.72. The molecule has 9 atom stereocenters. The molecule has 0 aromatic carbocycles. The number of rotatable bonds is 4. The number of aliphatic hydroxyl groups excluding tert-OH is 1. The summed E-state index contributed by atoms with van der Waals surface area (Å²) in [6, 6.07) is 8.56. The van der Waals surface area contributed by atoms with E-state index in [1.807, 2.05) is 6.07 Å². The summed E-state index contributed by atoms with van der Waals surface area (Å²) >= 11 is 6.65. The van der Waals surface area contributed by atoms with Gasteiger partial charge in [-0.05, 0) is 155 Å². The number of allylic oxidation sites excluding steroid dienone is 3. The summed E-state index contributed by atoms with van der Waals surface area (Å²) < 4.78 is 0.588. The van der Waals surface area contributed by atoms with Crippen LogP contribution < -0.4 is 5.73 Å². The van der Waals surface area contributed by atoms with Crippen molar-refractivity contribution in [3.63, 3.8) is 0 Å². The Morgan fingerprint density at radius 3 is 1.65 bits per heavy atom. The minimum atomic E-state index is 0.129. The number of aromatic amines is 1. The molecule has 3 aromatic heterocycles. The van der Waals surface area contributed by atoms with Crippen LogP contribution in [0.25, 0.3) is 10.2 Å². The number of hydrogen-bond donors (Lipinski definition) is 3. The first kappa shape index (κ1) is 68.1. The highest BCUT2D eigenvalue weighted by atomic mass is 32.1. The summed E-state index contributed by atoms with van der Waals surface area (Å²) in [7, 11) is 0. The Labute approximate surface area is 493 Å². The number of thiophene rings is 1. The largest absolute Gasteiger partial charge is 0.515 e. The van der Waals surface area contributed by atoms with Crippen LogP contribution in [0.3, 0.4) is 0 Å². The van der Waals surface area contributed by atoms with Crippen molar-refractivity contribution >= 4 is 56.8 Å². The Morgan fingerprint density at radius 2 is 1.18 bits per heavy atom. The van der Waals surface area contributed by atoms with Crippen LogP contribution in [-0.2, 0) is 40.1 Å². The molecule has 2 fully saturated rings. The van der Waals surface area contributed by atoms with E-state index in [9.17, 15) is 14.4 Å². The second kappa shape index (κ2) is 28.2. The first-order valence-electron chi connectivity index (χ1n) is 30.4. The lowest BCUT2D eigenvalue weighted by Gasteiger charge is -2.41. The lowest BCUT2D eigenvalue weighted by Crippen LogP contribution is -2.35. The highest BCUT2D eigenvalue weighted by Gasteiger charge is 2.40. The Kier molecular flexibility index (Phi) is 24.0. The van der Waals surface area contributed by atoms with Crippen molar-refractivity contribution in [1.82, 2.24) is 9.97 Å². The fraction of sp³-hybridized carbons (Fsp3) is 0.696. The maximum atomic E-state index is 11.6. The topological polar surface area (TPSA) is 174 Å². The molecule has 0 spiro atoms. The zero-order chi connectivity index (χ0) is 60.5. The summed E-state index contributed by atoms with van der Waals surface area (Å²) in [5.74, 6) is 6.55. The molecule has 3 aromatic rings. The van der Waals surface area contributed by atoms with Crippen molar-refractivity contribution in [2.24, 2.45) is 80.3 Å². The van der Waals surface area contributed by atoms with E-state index in [-0.39, 0.29) is 17.0 Å². The summed E-state index contributed by atoms with van der Waals surface area (Å²) in [5.41, 5.74) is 14.5. The molecule has 2 saturated carbocycles. The zero-order valence-electron chi connectivity index (χ0n) is 53.1. The van der Waals surface area contributed by atoms with Gasteiger partial charge in [0, 0.05) is 48.0 Å². The molecule has 0 radical (unpaired) electrons. The average molecular weight is 1130 g/mol. The minimum Gasteiger partial charge on any atom is -0.515 e. The Morgan fingerprint density at radius 1 is 0.662 bits per heavy atom. The van der Waals surface area contributed by atoms with E-state index >= 15 is 0 Å². The highest BCUT2D eigenvalue weighted by molar-refractivity contribution is 7.71. The van der Waals surface area contributed by atoms with Crippen LogP contribution in [0.15, 0.2) is 36.1 Å². The van der Waals surface area contributed by atoms with Crippen molar-refractivity contribution in [2.75, 3.05) is 5.73 Å². The molecule has 0 saturated heterocycles. The lowest BCUT2D eigenvalue weighted by atomic mass is 9.64. The molecule has 0 bridgehead atoms. The molecule has 3 heterocycles. The van der Waals surface area contributed by atoms with Crippen LogP contribution in [0.5, 0.6) is 0 Å². The van der Waals surface area contributed by atoms with E-state index in [0.717, 1.165) is 99.4 Å². The van der Waals surface area contributed by atoms with E-state index in [2.05, 4.69) is 161 Å². The van der Waals surface area contributed by atoms with Crippen molar-refractivity contribution in [2.45, 2.75) is 228 Å². The third-order valence-electron chi connectivity index (χ3n) is 18.9. The number of aromatic nitrogens is 2. The van der Waals surface area contributed by atoms with Gasteiger partial charge in [0.2, 0.25) is 0 Å². The first-order chi connectivity index (χ1) is 37.1. The molecule has 0 aliphatic heterocycles. The zero-order valence-corrected chi connectivity index (χ0v) is 54.7. The number of nitrogens with two attached hydrogens (primary N) is 1. The molecule has 9 nitrogen and oxygen atoms in total. The van der Waals surface area contributed by atoms with E-state index in [4.69, 9.17) is 38.6 Å². The van der Waals surface area contributed by atoms with Gasteiger partial charge < -0.3 is 15.8 Å². The Bertz CT molecular complexity index is 2820. The number of carbonyl (C=O) groups excluding carboxylic acids is 3. The molecule has 5 aliphatic carbocycles. The number of anilines is 1. The van der Waals surface area contributed by atoms with E-state index < -0.39 is 0 Å².